The molecule has 0 saturated heterocycles. The molecule has 40 heavy (non-hydrogen) atoms. The van der Waals surface area contributed by atoms with Crippen molar-refractivity contribution in [3.05, 3.63) is 127 Å². The Morgan fingerprint density at radius 3 is 2.15 bits per heavy atom. The molecule has 186 valence electrons. The van der Waals surface area contributed by atoms with Crippen LogP contribution in [-0.4, -0.2) is 14.5 Å². The third-order valence-corrected chi connectivity index (χ3v) is 7.99. The molecule has 0 fully saturated rings. The largest absolute Gasteiger partial charge is 0.455 e. The van der Waals surface area contributed by atoms with E-state index in [1.165, 1.54) is 5.39 Å². The fourth-order valence-electron chi connectivity index (χ4n) is 6.17. The molecule has 4 heteroatoms. The second-order valence-electron chi connectivity index (χ2n) is 10.2. The first-order valence-corrected chi connectivity index (χ1v) is 13.4. The van der Waals surface area contributed by atoms with E-state index in [1.807, 2.05) is 30.3 Å². The highest BCUT2D eigenvalue weighted by molar-refractivity contribution is 6.20. The minimum Gasteiger partial charge on any atom is -0.455 e. The first-order chi connectivity index (χ1) is 19.8. The lowest BCUT2D eigenvalue weighted by Crippen LogP contribution is -2.03. The predicted octanol–water partition coefficient (Wildman–Crippen LogP) is 9.45. The lowest BCUT2D eigenvalue weighted by molar-refractivity contribution is 0.672. The number of fused-ring (bicyclic) bond motifs is 9. The van der Waals surface area contributed by atoms with Crippen molar-refractivity contribution in [1.82, 2.24) is 14.5 Å². The highest BCUT2D eigenvalue weighted by Gasteiger charge is 2.19. The van der Waals surface area contributed by atoms with Crippen LogP contribution in [0.15, 0.2) is 132 Å². The molecule has 6 aromatic carbocycles. The Hall–Kier alpha value is -5.48. The Morgan fingerprint density at radius 1 is 0.500 bits per heavy atom. The summed E-state index contributed by atoms with van der Waals surface area (Å²) in [4.78, 5) is 10.3. The second-order valence-corrected chi connectivity index (χ2v) is 10.2. The van der Waals surface area contributed by atoms with Gasteiger partial charge in [0.05, 0.1) is 22.2 Å². The van der Waals surface area contributed by atoms with E-state index in [-0.39, 0.29) is 0 Å². The van der Waals surface area contributed by atoms with Crippen molar-refractivity contribution in [3.8, 4) is 17.2 Å². The molecule has 0 radical (unpaired) electrons. The van der Waals surface area contributed by atoms with Crippen LogP contribution in [0.5, 0.6) is 0 Å². The standard InChI is InChI=1S/C36H21N3O/c1-2-10-22(11-3-1)34-27-14-4-7-15-30(27)37-36(38-34)39-31-16-8-5-12-24(31)29-20-23-18-19-26-25-13-6-9-17-33(25)40-35(26)28(23)21-32(29)39/h1-21H. The van der Waals surface area contributed by atoms with Crippen molar-refractivity contribution in [1.29, 1.82) is 0 Å². The van der Waals surface area contributed by atoms with Crippen molar-refractivity contribution < 1.29 is 4.42 Å². The Kier molecular flexibility index (Phi) is 4.30. The number of hydrogen-bond acceptors (Lipinski definition) is 3. The highest BCUT2D eigenvalue weighted by Crippen LogP contribution is 2.39. The number of benzene rings is 6. The van der Waals surface area contributed by atoms with Gasteiger partial charge in [-0.05, 0) is 41.8 Å². The predicted molar refractivity (Wildman–Crippen MR) is 164 cm³/mol. The Bertz CT molecular complexity index is 2430. The van der Waals surface area contributed by atoms with Crippen LogP contribution in [0.3, 0.4) is 0 Å². The van der Waals surface area contributed by atoms with Crippen molar-refractivity contribution in [2.75, 3.05) is 0 Å². The minimum atomic E-state index is 0.653. The van der Waals surface area contributed by atoms with Gasteiger partial charge in [0.1, 0.15) is 11.2 Å². The van der Waals surface area contributed by atoms with Crippen LogP contribution >= 0.6 is 0 Å². The quantitative estimate of drug-likeness (QED) is 0.232. The summed E-state index contributed by atoms with van der Waals surface area (Å²) < 4.78 is 8.63. The molecule has 0 aliphatic heterocycles. The molecule has 0 atom stereocenters. The van der Waals surface area contributed by atoms with Gasteiger partial charge in [-0.1, -0.05) is 91.0 Å². The third-order valence-electron chi connectivity index (χ3n) is 7.99. The molecule has 4 nitrogen and oxygen atoms in total. The number of hydrogen-bond donors (Lipinski definition) is 0. The molecule has 0 aliphatic rings. The summed E-state index contributed by atoms with van der Waals surface area (Å²) in [6.07, 6.45) is 0. The van der Waals surface area contributed by atoms with Gasteiger partial charge in [0.2, 0.25) is 5.95 Å². The maximum absolute atomic E-state index is 6.43. The van der Waals surface area contributed by atoms with Gasteiger partial charge in [0.25, 0.3) is 0 Å². The first-order valence-electron chi connectivity index (χ1n) is 13.4. The van der Waals surface area contributed by atoms with Crippen LogP contribution in [-0.2, 0) is 0 Å². The lowest BCUT2D eigenvalue weighted by Gasteiger charge is -2.12. The zero-order valence-electron chi connectivity index (χ0n) is 21.4. The molecule has 0 bridgehead atoms. The number of aromatic nitrogens is 3. The van der Waals surface area contributed by atoms with Gasteiger partial charge in [-0.15, -0.1) is 0 Å². The first kappa shape index (κ1) is 21.5. The molecule has 0 saturated carbocycles. The fraction of sp³-hybridized carbons (Fsp3) is 0. The molecule has 0 N–H and O–H groups in total. The minimum absolute atomic E-state index is 0.653. The fourth-order valence-corrected chi connectivity index (χ4v) is 6.17. The van der Waals surface area contributed by atoms with Crippen molar-refractivity contribution in [2.45, 2.75) is 0 Å². The van der Waals surface area contributed by atoms with E-state index in [0.29, 0.717) is 5.95 Å². The smallest absolute Gasteiger partial charge is 0.235 e. The topological polar surface area (TPSA) is 43.9 Å². The van der Waals surface area contributed by atoms with Crippen molar-refractivity contribution in [3.63, 3.8) is 0 Å². The van der Waals surface area contributed by atoms with Gasteiger partial charge in [-0.2, -0.15) is 0 Å². The SMILES string of the molecule is c1ccc(-c2nc(-n3c4ccccc4c4cc5ccc6c7ccccc7oc6c5cc43)nc3ccccc23)cc1. The lowest BCUT2D eigenvalue weighted by atomic mass is 10.0. The Morgan fingerprint density at radius 2 is 1.25 bits per heavy atom. The summed E-state index contributed by atoms with van der Waals surface area (Å²) in [5.74, 6) is 0.653. The van der Waals surface area contributed by atoms with Crippen LogP contribution in [0.25, 0.3) is 82.6 Å². The summed E-state index contributed by atoms with van der Waals surface area (Å²) in [7, 11) is 0. The maximum atomic E-state index is 6.43. The number of furan rings is 1. The molecule has 3 heterocycles. The molecule has 0 aliphatic carbocycles. The van der Waals surface area contributed by atoms with Crippen molar-refractivity contribution >= 4 is 65.4 Å². The summed E-state index contributed by atoms with van der Waals surface area (Å²) in [6.45, 7) is 0. The van der Waals surface area contributed by atoms with Crippen LogP contribution in [0, 0.1) is 0 Å². The third kappa shape index (κ3) is 2.96. The zero-order valence-corrected chi connectivity index (χ0v) is 21.4. The molecular weight excluding hydrogens is 490 g/mol. The average Bonchev–Trinajstić information content (AvgIpc) is 3.56. The van der Waals surface area contributed by atoms with E-state index in [0.717, 1.165) is 71.3 Å². The van der Waals surface area contributed by atoms with E-state index in [4.69, 9.17) is 14.4 Å². The van der Waals surface area contributed by atoms with Gasteiger partial charge >= 0.3 is 0 Å². The summed E-state index contributed by atoms with van der Waals surface area (Å²) >= 11 is 0. The van der Waals surface area contributed by atoms with E-state index in [9.17, 15) is 0 Å². The molecule has 9 aromatic rings. The molecule has 0 spiro atoms. The van der Waals surface area contributed by atoms with Crippen LogP contribution < -0.4 is 0 Å². The zero-order chi connectivity index (χ0) is 26.2. The summed E-state index contributed by atoms with van der Waals surface area (Å²) in [5.41, 5.74) is 6.83. The van der Waals surface area contributed by atoms with E-state index in [2.05, 4.69) is 102 Å². The molecule has 9 rings (SSSR count). The Balaban J connectivity index is 1.43. The summed E-state index contributed by atoms with van der Waals surface area (Å²) in [6, 6.07) is 44.2. The van der Waals surface area contributed by atoms with E-state index in [1.54, 1.807) is 0 Å². The monoisotopic (exact) mass is 511 g/mol. The van der Waals surface area contributed by atoms with Gasteiger partial charge in [-0.3, -0.25) is 4.57 Å². The van der Waals surface area contributed by atoms with Crippen molar-refractivity contribution in [2.24, 2.45) is 0 Å². The number of rotatable bonds is 2. The molecule has 0 amide bonds. The normalized spacial score (nSPS) is 12.0. The van der Waals surface area contributed by atoms with Gasteiger partial charge in [0, 0.05) is 37.9 Å². The van der Waals surface area contributed by atoms with Gasteiger partial charge in [0.15, 0.2) is 0 Å². The van der Waals surface area contributed by atoms with Crippen LogP contribution in [0.4, 0.5) is 0 Å². The number of nitrogens with zero attached hydrogens (tertiary/aromatic N) is 3. The van der Waals surface area contributed by atoms with E-state index >= 15 is 0 Å². The van der Waals surface area contributed by atoms with E-state index < -0.39 is 0 Å². The van der Waals surface area contributed by atoms with Gasteiger partial charge in [-0.25, -0.2) is 9.97 Å². The number of para-hydroxylation sites is 3. The average molecular weight is 512 g/mol. The molecular formula is C36H21N3O. The molecule has 0 unspecified atom stereocenters. The van der Waals surface area contributed by atoms with Gasteiger partial charge < -0.3 is 4.42 Å². The second kappa shape index (κ2) is 8.01. The van der Waals surface area contributed by atoms with Crippen LogP contribution in [0.1, 0.15) is 0 Å². The molecule has 3 aromatic heterocycles. The maximum Gasteiger partial charge on any atom is 0.235 e. The van der Waals surface area contributed by atoms with Crippen LogP contribution in [0.2, 0.25) is 0 Å². The Labute approximate surface area is 228 Å². The summed E-state index contributed by atoms with van der Waals surface area (Å²) in [5, 5.41) is 7.84. The highest BCUT2D eigenvalue weighted by atomic mass is 16.3.